The van der Waals surface area contributed by atoms with Crippen LogP contribution in [0, 0.1) is 0 Å². The number of halogens is 2. The van der Waals surface area contributed by atoms with Gasteiger partial charge in [0.05, 0.1) is 27.5 Å². The third-order valence-corrected chi connectivity index (χ3v) is 4.89. The van der Waals surface area contributed by atoms with Crippen molar-refractivity contribution in [1.29, 1.82) is 0 Å². The van der Waals surface area contributed by atoms with Crippen molar-refractivity contribution < 1.29 is 4.79 Å². The molecule has 0 atom stereocenters. The van der Waals surface area contributed by atoms with Crippen molar-refractivity contribution >= 4 is 40.5 Å². The zero-order valence-corrected chi connectivity index (χ0v) is 14.7. The Balaban J connectivity index is 1.68. The minimum Gasteiger partial charge on any atom is -0.354 e. The molecule has 1 heterocycles. The van der Waals surface area contributed by atoms with E-state index in [1.54, 1.807) is 30.6 Å². The number of carbonyl (C=O) groups is 1. The van der Waals surface area contributed by atoms with Gasteiger partial charge in [0.1, 0.15) is 0 Å². The lowest BCUT2D eigenvalue weighted by Gasteiger charge is -2.22. The normalized spacial score (nSPS) is 15.1. The molecule has 0 radical (unpaired) electrons. The molecular formula is C18H19Cl2N3O. The van der Waals surface area contributed by atoms with Gasteiger partial charge in [0.25, 0.3) is 5.91 Å². The third-order valence-electron chi connectivity index (χ3n) is 4.15. The predicted octanol–water partition coefficient (Wildman–Crippen LogP) is 5.19. The highest BCUT2D eigenvalue weighted by Crippen LogP contribution is 2.27. The summed E-state index contributed by atoms with van der Waals surface area (Å²) in [5, 5.41) is 7.26. The van der Waals surface area contributed by atoms with Gasteiger partial charge in [0.15, 0.2) is 0 Å². The third kappa shape index (κ3) is 4.40. The van der Waals surface area contributed by atoms with E-state index in [9.17, 15) is 4.79 Å². The van der Waals surface area contributed by atoms with E-state index in [4.69, 9.17) is 23.2 Å². The molecule has 1 aliphatic rings. The number of aromatic nitrogens is 1. The summed E-state index contributed by atoms with van der Waals surface area (Å²) in [4.78, 5) is 16.6. The van der Waals surface area contributed by atoms with E-state index >= 15 is 0 Å². The molecule has 4 nitrogen and oxygen atoms in total. The van der Waals surface area contributed by atoms with Crippen molar-refractivity contribution in [3.05, 3.63) is 52.3 Å². The topological polar surface area (TPSA) is 54.0 Å². The molecular weight excluding hydrogens is 345 g/mol. The molecule has 1 aliphatic carbocycles. The summed E-state index contributed by atoms with van der Waals surface area (Å²) in [6.07, 6.45) is 8.99. The molecule has 0 saturated heterocycles. The second-order valence-electron chi connectivity index (χ2n) is 6.02. The minimum atomic E-state index is -0.0767. The van der Waals surface area contributed by atoms with Gasteiger partial charge in [0.2, 0.25) is 0 Å². The summed E-state index contributed by atoms with van der Waals surface area (Å²) in [7, 11) is 0. The van der Waals surface area contributed by atoms with E-state index < -0.39 is 0 Å². The van der Waals surface area contributed by atoms with Crippen LogP contribution in [0.2, 0.25) is 10.0 Å². The van der Waals surface area contributed by atoms with Crippen molar-refractivity contribution in [2.75, 3.05) is 5.32 Å². The number of rotatable bonds is 4. The van der Waals surface area contributed by atoms with Gasteiger partial charge >= 0.3 is 0 Å². The first-order valence-electron chi connectivity index (χ1n) is 8.10. The average Bonchev–Trinajstić information content (AvgIpc) is 2.59. The Morgan fingerprint density at radius 3 is 2.54 bits per heavy atom. The van der Waals surface area contributed by atoms with Crippen molar-refractivity contribution in [3.8, 4) is 0 Å². The van der Waals surface area contributed by atoms with E-state index in [0.717, 1.165) is 24.2 Å². The number of hydrogen-bond donors (Lipinski definition) is 2. The first-order chi connectivity index (χ1) is 11.6. The summed E-state index contributed by atoms with van der Waals surface area (Å²) in [6.45, 7) is 0. The largest absolute Gasteiger partial charge is 0.354 e. The highest BCUT2D eigenvalue weighted by atomic mass is 35.5. The molecule has 0 unspecified atom stereocenters. The molecule has 1 aromatic carbocycles. The Morgan fingerprint density at radius 2 is 1.79 bits per heavy atom. The highest BCUT2D eigenvalue weighted by Gasteiger charge is 2.17. The Bertz CT molecular complexity index is 730. The maximum Gasteiger partial charge on any atom is 0.253 e. The van der Waals surface area contributed by atoms with E-state index in [-0.39, 0.29) is 11.9 Å². The molecule has 126 valence electrons. The van der Waals surface area contributed by atoms with Crippen LogP contribution in [0.4, 0.5) is 11.4 Å². The van der Waals surface area contributed by atoms with Gasteiger partial charge in [-0.05, 0) is 37.1 Å². The van der Waals surface area contributed by atoms with Gasteiger partial charge in [-0.15, -0.1) is 0 Å². The van der Waals surface area contributed by atoms with Crippen LogP contribution in [-0.4, -0.2) is 16.9 Å². The molecule has 2 N–H and O–H groups in total. The van der Waals surface area contributed by atoms with Crippen LogP contribution in [-0.2, 0) is 0 Å². The van der Waals surface area contributed by atoms with Gasteiger partial charge in [-0.3, -0.25) is 9.78 Å². The molecule has 3 rings (SSSR count). The lowest BCUT2D eigenvalue weighted by atomic mass is 9.95. The molecule has 0 spiro atoms. The first-order valence-corrected chi connectivity index (χ1v) is 8.85. The lowest BCUT2D eigenvalue weighted by Crippen LogP contribution is -2.36. The Kier molecular flexibility index (Phi) is 5.59. The van der Waals surface area contributed by atoms with Gasteiger partial charge in [-0.25, -0.2) is 0 Å². The Labute approximate surface area is 151 Å². The molecule has 0 bridgehead atoms. The molecule has 0 aliphatic heterocycles. The van der Waals surface area contributed by atoms with Crippen molar-refractivity contribution in [3.63, 3.8) is 0 Å². The Morgan fingerprint density at radius 1 is 1.00 bits per heavy atom. The molecule has 1 saturated carbocycles. The quantitative estimate of drug-likeness (QED) is 0.785. The summed E-state index contributed by atoms with van der Waals surface area (Å²) in [5.74, 6) is -0.0767. The fourth-order valence-corrected chi connectivity index (χ4v) is 3.19. The summed E-state index contributed by atoms with van der Waals surface area (Å²) < 4.78 is 0. The second-order valence-corrected chi connectivity index (χ2v) is 6.84. The van der Waals surface area contributed by atoms with Gasteiger partial charge in [-0.1, -0.05) is 42.5 Å². The average molecular weight is 364 g/mol. The molecule has 24 heavy (non-hydrogen) atoms. The number of hydrogen-bond acceptors (Lipinski definition) is 3. The molecule has 1 amide bonds. The zero-order chi connectivity index (χ0) is 16.9. The lowest BCUT2D eigenvalue weighted by molar-refractivity contribution is 0.0927. The maximum absolute atomic E-state index is 12.4. The van der Waals surface area contributed by atoms with E-state index in [1.165, 1.54) is 19.3 Å². The number of anilines is 2. The number of nitrogens with zero attached hydrogens (tertiary/aromatic N) is 1. The predicted molar refractivity (Wildman–Crippen MR) is 98.3 cm³/mol. The fraction of sp³-hybridized carbons (Fsp3) is 0.333. The number of pyridine rings is 1. The Hall–Kier alpha value is -1.78. The zero-order valence-electron chi connectivity index (χ0n) is 13.2. The van der Waals surface area contributed by atoms with E-state index in [1.807, 2.05) is 6.07 Å². The minimum absolute atomic E-state index is 0.0767. The first kappa shape index (κ1) is 17.1. The number of carbonyl (C=O) groups excluding carboxylic acids is 1. The summed E-state index contributed by atoms with van der Waals surface area (Å²) >= 11 is 11.9. The molecule has 1 aromatic heterocycles. The summed E-state index contributed by atoms with van der Waals surface area (Å²) in [5.41, 5.74) is 2.06. The monoisotopic (exact) mass is 363 g/mol. The van der Waals surface area contributed by atoms with E-state index in [0.29, 0.717) is 15.6 Å². The molecule has 6 heteroatoms. The van der Waals surface area contributed by atoms with Crippen LogP contribution in [0.15, 0.2) is 36.7 Å². The number of benzene rings is 1. The van der Waals surface area contributed by atoms with Gasteiger partial charge < -0.3 is 10.6 Å². The van der Waals surface area contributed by atoms with Crippen molar-refractivity contribution in [2.45, 2.75) is 38.1 Å². The van der Waals surface area contributed by atoms with Crippen molar-refractivity contribution in [1.82, 2.24) is 10.3 Å². The smallest absolute Gasteiger partial charge is 0.253 e. The highest BCUT2D eigenvalue weighted by molar-refractivity contribution is 6.42. The molecule has 1 fully saturated rings. The number of nitrogens with one attached hydrogen (secondary N) is 2. The van der Waals surface area contributed by atoms with Crippen LogP contribution in [0.5, 0.6) is 0 Å². The molecule has 2 aromatic rings. The van der Waals surface area contributed by atoms with Crippen LogP contribution < -0.4 is 10.6 Å². The van der Waals surface area contributed by atoms with Gasteiger partial charge in [0, 0.05) is 17.9 Å². The van der Waals surface area contributed by atoms with Crippen LogP contribution in [0.1, 0.15) is 42.5 Å². The van der Waals surface area contributed by atoms with E-state index in [2.05, 4.69) is 15.6 Å². The second kappa shape index (κ2) is 7.86. The standard InChI is InChI=1S/C18H19Cl2N3O/c19-16-7-6-14(9-17(16)20)22-15-8-12(10-21-11-15)18(24)23-13-4-2-1-3-5-13/h6-11,13,22H,1-5H2,(H,23,24). The van der Waals surface area contributed by atoms with Crippen LogP contribution >= 0.6 is 23.2 Å². The SMILES string of the molecule is O=C(NC1CCCCC1)c1cncc(Nc2ccc(Cl)c(Cl)c2)c1. The summed E-state index contributed by atoms with van der Waals surface area (Å²) in [6, 6.07) is 7.34. The van der Waals surface area contributed by atoms with Gasteiger partial charge in [-0.2, -0.15) is 0 Å². The van der Waals surface area contributed by atoms with Crippen LogP contribution in [0.3, 0.4) is 0 Å². The maximum atomic E-state index is 12.4. The number of amides is 1. The van der Waals surface area contributed by atoms with Crippen LogP contribution in [0.25, 0.3) is 0 Å². The van der Waals surface area contributed by atoms with Crippen molar-refractivity contribution in [2.24, 2.45) is 0 Å². The fourth-order valence-electron chi connectivity index (χ4n) is 2.89.